The number of hydrogen-bond acceptors (Lipinski definition) is 1. The highest BCUT2D eigenvalue weighted by Crippen LogP contribution is 2.17. The fourth-order valence-electron chi connectivity index (χ4n) is 2.32. The largest absolute Gasteiger partial charge is 0.310 e. The molecule has 1 aromatic rings. The van der Waals surface area contributed by atoms with Gasteiger partial charge in [0.05, 0.1) is 0 Å². The van der Waals surface area contributed by atoms with E-state index in [1.165, 1.54) is 43.2 Å². The van der Waals surface area contributed by atoms with Gasteiger partial charge in [0.2, 0.25) is 0 Å². The van der Waals surface area contributed by atoms with E-state index in [4.69, 9.17) is 11.6 Å². The van der Waals surface area contributed by atoms with Gasteiger partial charge in [0.15, 0.2) is 0 Å². The van der Waals surface area contributed by atoms with Crippen LogP contribution in [0.1, 0.15) is 43.2 Å². The summed E-state index contributed by atoms with van der Waals surface area (Å²) < 4.78 is 0. The first-order valence-electron chi connectivity index (χ1n) is 6.25. The maximum absolute atomic E-state index is 5.76. The molecule has 2 rings (SSSR count). The molecule has 2 heteroatoms. The third kappa shape index (κ3) is 3.50. The minimum absolute atomic E-state index is 0.607. The Morgan fingerprint density at radius 1 is 1.00 bits per heavy atom. The van der Waals surface area contributed by atoms with Crippen LogP contribution < -0.4 is 5.32 Å². The van der Waals surface area contributed by atoms with Gasteiger partial charge in [-0.05, 0) is 24.0 Å². The van der Waals surface area contributed by atoms with Gasteiger partial charge in [-0.2, -0.15) is 0 Å². The van der Waals surface area contributed by atoms with Crippen molar-refractivity contribution >= 4 is 11.6 Å². The summed E-state index contributed by atoms with van der Waals surface area (Å²) in [6, 6.07) is 9.32. The molecule has 88 valence electrons. The maximum atomic E-state index is 5.76. The Labute approximate surface area is 103 Å². The number of nitrogens with one attached hydrogen (secondary N) is 1. The molecule has 1 saturated carbocycles. The van der Waals surface area contributed by atoms with Crippen molar-refractivity contribution in [2.45, 2.75) is 50.6 Å². The van der Waals surface area contributed by atoms with Crippen LogP contribution in [-0.4, -0.2) is 6.04 Å². The minimum Gasteiger partial charge on any atom is -0.310 e. The van der Waals surface area contributed by atoms with Crippen molar-refractivity contribution in [3.05, 3.63) is 35.4 Å². The molecule has 0 aromatic heterocycles. The molecule has 0 radical (unpaired) electrons. The number of hydrogen-bond donors (Lipinski definition) is 1. The molecule has 0 saturated heterocycles. The lowest BCUT2D eigenvalue weighted by Crippen LogP contribution is -2.30. The van der Waals surface area contributed by atoms with Crippen molar-refractivity contribution in [2.75, 3.05) is 0 Å². The van der Waals surface area contributed by atoms with Gasteiger partial charge in [0.25, 0.3) is 0 Å². The van der Waals surface area contributed by atoms with E-state index in [1.807, 2.05) is 0 Å². The lowest BCUT2D eigenvalue weighted by atomic mass is 9.95. The lowest BCUT2D eigenvalue weighted by molar-refractivity contribution is 0.372. The Morgan fingerprint density at radius 2 is 1.62 bits per heavy atom. The Morgan fingerprint density at radius 3 is 2.25 bits per heavy atom. The molecule has 0 atom stereocenters. The smallest absolute Gasteiger partial charge is 0.0474 e. The molecule has 0 heterocycles. The fraction of sp³-hybridized carbons (Fsp3) is 0.571. The average molecular weight is 238 g/mol. The highest BCUT2D eigenvalue weighted by Gasteiger charge is 2.11. The second kappa shape index (κ2) is 6.27. The molecule has 0 amide bonds. The van der Waals surface area contributed by atoms with Crippen LogP contribution in [0.3, 0.4) is 0 Å². The van der Waals surface area contributed by atoms with Crippen molar-refractivity contribution in [1.29, 1.82) is 0 Å². The van der Waals surface area contributed by atoms with Crippen LogP contribution in [0, 0.1) is 0 Å². The van der Waals surface area contributed by atoms with Crippen molar-refractivity contribution in [1.82, 2.24) is 5.32 Å². The van der Waals surface area contributed by atoms with E-state index in [2.05, 4.69) is 29.6 Å². The normalized spacial score (nSPS) is 17.6. The van der Waals surface area contributed by atoms with Crippen molar-refractivity contribution < 1.29 is 0 Å². The Hall–Kier alpha value is -0.530. The quantitative estimate of drug-likeness (QED) is 0.785. The number of halogens is 1. The summed E-state index contributed by atoms with van der Waals surface area (Å²) in [5.41, 5.74) is 2.56. The molecule has 0 bridgehead atoms. The van der Waals surface area contributed by atoms with Gasteiger partial charge in [0, 0.05) is 18.5 Å². The van der Waals surface area contributed by atoms with E-state index in [1.54, 1.807) is 0 Å². The highest BCUT2D eigenvalue weighted by molar-refractivity contribution is 6.17. The van der Waals surface area contributed by atoms with Gasteiger partial charge in [-0.15, -0.1) is 11.6 Å². The minimum atomic E-state index is 0.607. The Kier molecular flexibility index (Phi) is 4.68. The third-order valence-electron chi connectivity index (χ3n) is 3.38. The van der Waals surface area contributed by atoms with E-state index in [0.29, 0.717) is 5.88 Å². The summed E-state index contributed by atoms with van der Waals surface area (Å²) in [4.78, 5) is 0. The predicted molar refractivity (Wildman–Crippen MR) is 69.7 cm³/mol. The summed E-state index contributed by atoms with van der Waals surface area (Å²) in [7, 11) is 0. The first kappa shape index (κ1) is 11.9. The highest BCUT2D eigenvalue weighted by atomic mass is 35.5. The zero-order chi connectivity index (χ0) is 11.2. The van der Waals surface area contributed by atoms with Gasteiger partial charge in [0.1, 0.15) is 0 Å². The summed E-state index contributed by atoms with van der Waals surface area (Å²) in [6.07, 6.45) is 6.90. The summed E-state index contributed by atoms with van der Waals surface area (Å²) in [5, 5.41) is 3.64. The summed E-state index contributed by atoms with van der Waals surface area (Å²) >= 11 is 5.76. The Bertz CT molecular complexity index is 301. The topological polar surface area (TPSA) is 12.0 Å². The zero-order valence-corrected chi connectivity index (χ0v) is 10.5. The van der Waals surface area contributed by atoms with Gasteiger partial charge in [-0.3, -0.25) is 0 Å². The molecule has 1 aliphatic carbocycles. The first-order valence-corrected chi connectivity index (χ1v) is 6.79. The third-order valence-corrected chi connectivity index (χ3v) is 3.69. The maximum Gasteiger partial charge on any atom is 0.0474 e. The van der Waals surface area contributed by atoms with E-state index in [-0.39, 0.29) is 0 Å². The second-order valence-electron chi connectivity index (χ2n) is 4.67. The summed E-state index contributed by atoms with van der Waals surface area (Å²) in [5.74, 6) is 0.607. The van der Waals surface area contributed by atoms with Gasteiger partial charge >= 0.3 is 0 Å². The van der Waals surface area contributed by atoms with Crippen LogP contribution in [0.2, 0.25) is 0 Å². The van der Waals surface area contributed by atoms with Gasteiger partial charge in [-0.1, -0.05) is 43.5 Å². The molecule has 1 nitrogen and oxygen atoms in total. The van der Waals surface area contributed by atoms with Crippen molar-refractivity contribution in [3.8, 4) is 0 Å². The number of benzene rings is 1. The number of rotatable bonds is 4. The second-order valence-corrected chi connectivity index (χ2v) is 4.93. The molecule has 1 aliphatic rings. The first-order chi connectivity index (χ1) is 7.88. The fourth-order valence-corrected chi connectivity index (χ4v) is 2.49. The molecular formula is C14H20ClN. The molecule has 0 unspecified atom stereocenters. The van der Waals surface area contributed by atoms with Gasteiger partial charge < -0.3 is 5.32 Å². The predicted octanol–water partition coefficient (Wildman–Crippen LogP) is 3.85. The van der Waals surface area contributed by atoms with Crippen LogP contribution in [0.25, 0.3) is 0 Å². The van der Waals surface area contributed by atoms with Crippen LogP contribution in [0.4, 0.5) is 0 Å². The van der Waals surface area contributed by atoms with E-state index >= 15 is 0 Å². The molecular weight excluding hydrogens is 218 g/mol. The zero-order valence-electron chi connectivity index (χ0n) is 9.71. The van der Waals surface area contributed by atoms with Crippen LogP contribution >= 0.6 is 11.6 Å². The molecule has 0 aliphatic heterocycles. The van der Waals surface area contributed by atoms with Crippen LogP contribution in [0.15, 0.2) is 24.3 Å². The number of alkyl halides is 1. The lowest BCUT2D eigenvalue weighted by Gasteiger charge is -2.22. The molecule has 16 heavy (non-hydrogen) atoms. The van der Waals surface area contributed by atoms with Crippen LogP contribution in [-0.2, 0) is 12.4 Å². The standard InChI is InChI=1S/C14H20ClN/c15-10-12-6-8-13(9-7-12)11-16-14-4-2-1-3-5-14/h6-9,14,16H,1-5,10-11H2. The Balaban J connectivity index is 1.79. The average Bonchev–Trinajstić information content (AvgIpc) is 2.38. The van der Waals surface area contributed by atoms with E-state index in [9.17, 15) is 0 Å². The molecule has 1 aromatic carbocycles. The summed E-state index contributed by atoms with van der Waals surface area (Å²) in [6.45, 7) is 0.993. The van der Waals surface area contributed by atoms with Crippen molar-refractivity contribution in [3.63, 3.8) is 0 Å². The monoisotopic (exact) mass is 237 g/mol. The van der Waals surface area contributed by atoms with E-state index < -0.39 is 0 Å². The molecule has 1 fully saturated rings. The van der Waals surface area contributed by atoms with E-state index in [0.717, 1.165) is 12.6 Å². The van der Waals surface area contributed by atoms with Gasteiger partial charge in [-0.25, -0.2) is 0 Å². The molecule has 1 N–H and O–H groups in total. The molecule has 0 spiro atoms. The van der Waals surface area contributed by atoms with Crippen molar-refractivity contribution in [2.24, 2.45) is 0 Å². The SMILES string of the molecule is ClCc1ccc(CNC2CCCCC2)cc1. The van der Waals surface area contributed by atoms with Crippen LogP contribution in [0.5, 0.6) is 0 Å².